The van der Waals surface area contributed by atoms with E-state index in [1.807, 2.05) is 26.8 Å². The number of carbonyl (C=O) groups excluding carboxylic acids is 1. The summed E-state index contributed by atoms with van der Waals surface area (Å²) in [6.07, 6.45) is 1.50. The Morgan fingerprint density at radius 2 is 2.12 bits per heavy atom. The van der Waals surface area contributed by atoms with Crippen LogP contribution in [-0.4, -0.2) is 29.5 Å². The van der Waals surface area contributed by atoms with E-state index < -0.39 is 5.41 Å². The molecule has 1 amide bonds. The molecule has 2 N–H and O–H groups in total. The molecule has 0 atom stereocenters. The molecular formula is C11H18N4O. The minimum absolute atomic E-state index is 0.00535. The number of hydrogen-bond acceptors (Lipinski definition) is 4. The molecule has 0 aliphatic heterocycles. The van der Waals surface area contributed by atoms with Gasteiger partial charge in [0.2, 0.25) is 5.91 Å². The summed E-state index contributed by atoms with van der Waals surface area (Å²) >= 11 is 0. The van der Waals surface area contributed by atoms with Gasteiger partial charge in [-0.05, 0) is 20.8 Å². The maximum Gasteiger partial charge on any atom is 0.227 e. The maximum atomic E-state index is 11.5. The van der Waals surface area contributed by atoms with Crippen molar-refractivity contribution in [3.05, 3.63) is 18.1 Å². The van der Waals surface area contributed by atoms with Gasteiger partial charge in [-0.3, -0.25) is 4.79 Å². The van der Waals surface area contributed by atoms with Crippen LogP contribution in [0.5, 0.6) is 0 Å². The molecule has 0 bridgehead atoms. The Morgan fingerprint density at radius 3 is 2.69 bits per heavy atom. The van der Waals surface area contributed by atoms with Crippen molar-refractivity contribution >= 4 is 11.7 Å². The second-order valence-electron chi connectivity index (χ2n) is 4.36. The fourth-order valence-corrected chi connectivity index (χ4v) is 1.28. The smallest absolute Gasteiger partial charge is 0.227 e. The fourth-order valence-electron chi connectivity index (χ4n) is 1.28. The molecule has 1 aromatic heterocycles. The van der Waals surface area contributed by atoms with Crippen molar-refractivity contribution in [2.45, 2.75) is 20.8 Å². The minimum atomic E-state index is -0.465. The molecule has 0 saturated carbocycles. The number of carbonyl (C=O) groups is 1. The lowest BCUT2D eigenvalue weighted by atomic mass is 9.92. The second-order valence-corrected chi connectivity index (χ2v) is 4.36. The zero-order valence-electron chi connectivity index (χ0n) is 10.2. The highest BCUT2D eigenvalue weighted by atomic mass is 16.2. The molecule has 0 aliphatic carbocycles. The van der Waals surface area contributed by atoms with Crippen molar-refractivity contribution in [1.29, 1.82) is 0 Å². The molecule has 0 unspecified atom stereocenters. The van der Waals surface area contributed by atoms with Gasteiger partial charge >= 0.3 is 0 Å². The Hall–Kier alpha value is -1.65. The average Bonchev–Trinajstić information content (AvgIpc) is 2.25. The van der Waals surface area contributed by atoms with Crippen LogP contribution in [0.25, 0.3) is 0 Å². The van der Waals surface area contributed by atoms with Gasteiger partial charge < -0.3 is 10.6 Å². The van der Waals surface area contributed by atoms with E-state index in [2.05, 4.69) is 20.6 Å². The zero-order valence-corrected chi connectivity index (χ0v) is 10.2. The minimum Gasteiger partial charge on any atom is -0.369 e. The van der Waals surface area contributed by atoms with Crippen molar-refractivity contribution in [2.24, 2.45) is 5.41 Å². The number of amides is 1. The quantitative estimate of drug-likeness (QED) is 0.796. The highest BCUT2D eigenvalue weighted by Crippen LogP contribution is 2.16. The van der Waals surface area contributed by atoms with E-state index in [4.69, 9.17) is 0 Å². The van der Waals surface area contributed by atoms with Gasteiger partial charge in [0.25, 0.3) is 0 Å². The third-order valence-corrected chi connectivity index (χ3v) is 2.36. The summed E-state index contributed by atoms with van der Waals surface area (Å²) in [6.45, 7) is 6.19. The first-order chi connectivity index (χ1) is 7.45. The standard InChI is InChI=1S/C11H18N4O/c1-8-5-9(15-7-14-8)13-6-11(2,3)10(16)12-4/h5,7H,6H2,1-4H3,(H,12,16)(H,13,14,15). The number of anilines is 1. The van der Waals surface area contributed by atoms with Gasteiger partial charge in [-0.25, -0.2) is 9.97 Å². The summed E-state index contributed by atoms with van der Waals surface area (Å²) in [5.74, 6) is 0.746. The van der Waals surface area contributed by atoms with Gasteiger partial charge in [-0.1, -0.05) is 0 Å². The van der Waals surface area contributed by atoms with Gasteiger partial charge in [-0.15, -0.1) is 0 Å². The number of nitrogens with one attached hydrogen (secondary N) is 2. The molecule has 0 aliphatic rings. The monoisotopic (exact) mass is 222 g/mol. The fraction of sp³-hybridized carbons (Fsp3) is 0.545. The predicted octanol–water partition coefficient (Wildman–Crippen LogP) is 0.969. The summed E-state index contributed by atoms with van der Waals surface area (Å²) < 4.78 is 0. The summed E-state index contributed by atoms with van der Waals surface area (Å²) in [7, 11) is 1.64. The molecule has 0 aromatic carbocycles. The molecule has 1 rings (SSSR count). The van der Waals surface area contributed by atoms with Crippen LogP contribution < -0.4 is 10.6 Å². The third-order valence-electron chi connectivity index (χ3n) is 2.36. The first kappa shape index (κ1) is 12.4. The lowest BCUT2D eigenvalue weighted by Crippen LogP contribution is -2.39. The lowest BCUT2D eigenvalue weighted by Gasteiger charge is -2.23. The van der Waals surface area contributed by atoms with Crippen LogP contribution in [0.3, 0.4) is 0 Å². The highest BCUT2D eigenvalue weighted by molar-refractivity contribution is 5.82. The molecular weight excluding hydrogens is 204 g/mol. The largest absolute Gasteiger partial charge is 0.369 e. The predicted molar refractivity (Wildman–Crippen MR) is 63.1 cm³/mol. The molecule has 0 saturated heterocycles. The molecule has 0 spiro atoms. The molecule has 88 valence electrons. The summed E-state index contributed by atoms with van der Waals surface area (Å²) in [6, 6.07) is 1.85. The highest BCUT2D eigenvalue weighted by Gasteiger charge is 2.26. The summed E-state index contributed by atoms with van der Waals surface area (Å²) in [5, 5.41) is 5.77. The number of aromatic nitrogens is 2. The van der Waals surface area contributed by atoms with E-state index in [1.165, 1.54) is 6.33 Å². The number of aryl methyl sites for hydroxylation is 1. The van der Waals surface area contributed by atoms with E-state index >= 15 is 0 Å². The molecule has 1 aromatic rings. The second kappa shape index (κ2) is 4.92. The van der Waals surface area contributed by atoms with Gasteiger partial charge in [0, 0.05) is 25.4 Å². The first-order valence-corrected chi connectivity index (χ1v) is 5.20. The van der Waals surface area contributed by atoms with Crippen molar-refractivity contribution in [3.63, 3.8) is 0 Å². The SMILES string of the molecule is CNC(=O)C(C)(C)CNc1cc(C)ncn1. The topological polar surface area (TPSA) is 66.9 Å². The Bertz CT molecular complexity index is 376. The van der Waals surface area contributed by atoms with E-state index in [0.29, 0.717) is 6.54 Å². The molecule has 5 nitrogen and oxygen atoms in total. The molecule has 1 heterocycles. The van der Waals surface area contributed by atoms with Crippen molar-refractivity contribution < 1.29 is 4.79 Å². The van der Waals surface area contributed by atoms with Crippen LogP contribution in [-0.2, 0) is 4.79 Å². The van der Waals surface area contributed by atoms with Crippen LogP contribution in [0.1, 0.15) is 19.5 Å². The molecule has 0 fully saturated rings. The summed E-state index contributed by atoms with van der Waals surface area (Å²) in [4.78, 5) is 19.6. The van der Waals surface area contributed by atoms with Crippen molar-refractivity contribution in [1.82, 2.24) is 15.3 Å². The van der Waals surface area contributed by atoms with E-state index in [0.717, 1.165) is 11.5 Å². The lowest BCUT2D eigenvalue weighted by molar-refractivity contribution is -0.128. The van der Waals surface area contributed by atoms with Crippen molar-refractivity contribution in [2.75, 3.05) is 18.9 Å². The normalized spacial score (nSPS) is 11.0. The van der Waals surface area contributed by atoms with Crippen LogP contribution in [0.2, 0.25) is 0 Å². The van der Waals surface area contributed by atoms with E-state index in [9.17, 15) is 4.79 Å². The van der Waals surface area contributed by atoms with Gasteiger partial charge in [0.1, 0.15) is 12.1 Å². The van der Waals surface area contributed by atoms with E-state index in [1.54, 1.807) is 7.05 Å². The Kier molecular flexibility index (Phi) is 3.82. The average molecular weight is 222 g/mol. The molecule has 0 radical (unpaired) electrons. The maximum absolute atomic E-state index is 11.5. The Morgan fingerprint density at radius 1 is 1.44 bits per heavy atom. The van der Waals surface area contributed by atoms with Crippen LogP contribution in [0.4, 0.5) is 5.82 Å². The summed E-state index contributed by atoms with van der Waals surface area (Å²) in [5.41, 5.74) is 0.434. The van der Waals surface area contributed by atoms with Gasteiger partial charge in [0.15, 0.2) is 0 Å². The van der Waals surface area contributed by atoms with Crippen LogP contribution in [0.15, 0.2) is 12.4 Å². The van der Waals surface area contributed by atoms with Crippen molar-refractivity contribution in [3.8, 4) is 0 Å². The Balaban J connectivity index is 2.61. The zero-order chi connectivity index (χ0) is 12.2. The van der Waals surface area contributed by atoms with E-state index in [-0.39, 0.29) is 5.91 Å². The van der Waals surface area contributed by atoms with Gasteiger partial charge in [-0.2, -0.15) is 0 Å². The number of nitrogens with zero attached hydrogens (tertiary/aromatic N) is 2. The number of hydrogen-bond donors (Lipinski definition) is 2. The number of rotatable bonds is 4. The third kappa shape index (κ3) is 3.18. The molecule has 5 heteroatoms. The molecule has 16 heavy (non-hydrogen) atoms. The Labute approximate surface area is 95.7 Å². The first-order valence-electron chi connectivity index (χ1n) is 5.20. The van der Waals surface area contributed by atoms with Crippen LogP contribution >= 0.6 is 0 Å². The van der Waals surface area contributed by atoms with Crippen LogP contribution in [0, 0.1) is 12.3 Å². The van der Waals surface area contributed by atoms with Gasteiger partial charge in [0.05, 0.1) is 5.41 Å².